The van der Waals surface area contributed by atoms with Gasteiger partial charge < -0.3 is 5.32 Å². The van der Waals surface area contributed by atoms with Gasteiger partial charge in [0.2, 0.25) is 5.91 Å². The number of fused-ring (bicyclic) bond motifs is 1. The fourth-order valence-electron chi connectivity index (χ4n) is 3.71. The monoisotopic (exact) mass is 324 g/mol. The van der Waals surface area contributed by atoms with Crippen LogP contribution in [0.25, 0.3) is 10.8 Å². The van der Waals surface area contributed by atoms with Crippen LogP contribution in [0.4, 0.5) is 0 Å². The van der Waals surface area contributed by atoms with Gasteiger partial charge in [0.1, 0.15) is 0 Å². The summed E-state index contributed by atoms with van der Waals surface area (Å²) >= 11 is 0. The Labute approximate surface area is 145 Å². The number of likely N-dealkylation sites (tertiary alicyclic amines) is 1. The van der Waals surface area contributed by atoms with Crippen molar-refractivity contribution in [2.45, 2.75) is 51.6 Å². The topological polar surface area (TPSA) is 32.3 Å². The Morgan fingerprint density at radius 2 is 2.00 bits per heavy atom. The summed E-state index contributed by atoms with van der Waals surface area (Å²) in [4.78, 5) is 15.1. The Morgan fingerprint density at radius 1 is 1.21 bits per heavy atom. The van der Waals surface area contributed by atoms with Crippen LogP contribution in [0.5, 0.6) is 0 Å². The van der Waals surface area contributed by atoms with Crippen molar-refractivity contribution in [3.63, 3.8) is 0 Å². The maximum absolute atomic E-state index is 12.8. The van der Waals surface area contributed by atoms with E-state index in [0.717, 1.165) is 32.4 Å². The molecule has 0 aliphatic carbocycles. The third-order valence-electron chi connectivity index (χ3n) is 5.06. The lowest BCUT2D eigenvalue weighted by molar-refractivity contribution is -0.128. The highest BCUT2D eigenvalue weighted by atomic mass is 16.2. The predicted molar refractivity (Wildman–Crippen MR) is 100 cm³/mol. The van der Waals surface area contributed by atoms with E-state index in [1.54, 1.807) is 0 Å². The SMILES string of the molecule is CCCN1CCCCC1C(=O)NC(C)c1ccc2ccccc2c1. The van der Waals surface area contributed by atoms with Gasteiger partial charge in [0.15, 0.2) is 0 Å². The van der Waals surface area contributed by atoms with Crippen LogP contribution in [0.1, 0.15) is 51.1 Å². The van der Waals surface area contributed by atoms with Gasteiger partial charge in [0.25, 0.3) is 0 Å². The maximum atomic E-state index is 12.8. The number of nitrogens with one attached hydrogen (secondary N) is 1. The lowest BCUT2D eigenvalue weighted by Gasteiger charge is -2.35. The average Bonchev–Trinajstić information content (AvgIpc) is 2.62. The fraction of sp³-hybridized carbons (Fsp3) is 0.476. The van der Waals surface area contributed by atoms with Crippen molar-refractivity contribution in [2.24, 2.45) is 0 Å². The molecule has 2 aromatic carbocycles. The molecule has 1 heterocycles. The zero-order valence-corrected chi connectivity index (χ0v) is 14.8. The number of carbonyl (C=O) groups is 1. The van der Waals surface area contributed by atoms with Crippen LogP contribution >= 0.6 is 0 Å². The van der Waals surface area contributed by atoms with E-state index >= 15 is 0 Å². The third kappa shape index (κ3) is 3.78. The van der Waals surface area contributed by atoms with Crippen molar-refractivity contribution in [2.75, 3.05) is 13.1 Å². The second-order valence-electron chi connectivity index (χ2n) is 6.88. The number of hydrogen-bond acceptors (Lipinski definition) is 2. The van der Waals surface area contributed by atoms with Crippen molar-refractivity contribution in [1.29, 1.82) is 0 Å². The molecule has 1 aliphatic rings. The van der Waals surface area contributed by atoms with Crippen LogP contribution in [0.2, 0.25) is 0 Å². The van der Waals surface area contributed by atoms with E-state index in [-0.39, 0.29) is 18.0 Å². The van der Waals surface area contributed by atoms with Crippen molar-refractivity contribution in [1.82, 2.24) is 10.2 Å². The number of carbonyl (C=O) groups excluding carboxylic acids is 1. The highest BCUT2D eigenvalue weighted by Gasteiger charge is 2.28. The molecule has 24 heavy (non-hydrogen) atoms. The summed E-state index contributed by atoms with van der Waals surface area (Å²) in [6, 6.07) is 14.9. The lowest BCUT2D eigenvalue weighted by atomic mass is 9.99. The van der Waals surface area contributed by atoms with E-state index in [9.17, 15) is 4.79 Å². The molecular weight excluding hydrogens is 296 g/mol. The molecule has 0 bridgehead atoms. The summed E-state index contributed by atoms with van der Waals surface area (Å²) in [6.45, 7) is 6.33. The fourth-order valence-corrected chi connectivity index (χ4v) is 3.71. The second-order valence-corrected chi connectivity index (χ2v) is 6.88. The Kier molecular flexibility index (Phi) is 5.52. The van der Waals surface area contributed by atoms with Crippen molar-refractivity contribution in [3.05, 3.63) is 48.0 Å². The molecule has 2 aromatic rings. The quantitative estimate of drug-likeness (QED) is 0.890. The van der Waals surface area contributed by atoms with Crippen LogP contribution in [0, 0.1) is 0 Å². The normalized spacial score (nSPS) is 20.0. The number of piperidine rings is 1. The smallest absolute Gasteiger partial charge is 0.237 e. The van der Waals surface area contributed by atoms with E-state index in [1.165, 1.54) is 22.8 Å². The summed E-state index contributed by atoms with van der Waals surface area (Å²) in [7, 11) is 0. The molecule has 3 nitrogen and oxygen atoms in total. The standard InChI is InChI=1S/C21H28N2O/c1-3-13-23-14-7-6-10-20(23)21(24)22-16(2)18-12-11-17-8-4-5-9-19(17)15-18/h4-5,8-9,11-12,15-16,20H,3,6-7,10,13-14H2,1-2H3,(H,22,24). The van der Waals surface area contributed by atoms with Gasteiger partial charge in [-0.1, -0.05) is 49.7 Å². The highest BCUT2D eigenvalue weighted by Crippen LogP contribution is 2.22. The molecule has 2 unspecified atom stereocenters. The molecule has 2 atom stereocenters. The maximum Gasteiger partial charge on any atom is 0.237 e. The molecule has 0 spiro atoms. The molecule has 0 radical (unpaired) electrons. The molecule has 128 valence electrons. The van der Waals surface area contributed by atoms with Gasteiger partial charge in [-0.25, -0.2) is 0 Å². The van der Waals surface area contributed by atoms with Crippen LogP contribution in [0.15, 0.2) is 42.5 Å². The first-order chi connectivity index (χ1) is 11.7. The van der Waals surface area contributed by atoms with Gasteiger partial charge in [-0.05, 0) is 61.7 Å². The molecular formula is C21H28N2O. The summed E-state index contributed by atoms with van der Waals surface area (Å²) in [5, 5.41) is 5.70. The van der Waals surface area contributed by atoms with Gasteiger partial charge in [-0.3, -0.25) is 9.69 Å². The van der Waals surface area contributed by atoms with Gasteiger partial charge in [-0.15, -0.1) is 0 Å². The molecule has 1 fully saturated rings. The first kappa shape index (κ1) is 17.0. The number of benzene rings is 2. The van der Waals surface area contributed by atoms with Crippen molar-refractivity contribution < 1.29 is 4.79 Å². The first-order valence-electron chi connectivity index (χ1n) is 9.22. The van der Waals surface area contributed by atoms with Crippen molar-refractivity contribution >= 4 is 16.7 Å². The van der Waals surface area contributed by atoms with Crippen LogP contribution < -0.4 is 5.32 Å². The zero-order chi connectivity index (χ0) is 16.9. The molecule has 3 rings (SSSR count). The predicted octanol–water partition coefficient (Wildman–Crippen LogP) is 4.28. The minimum absolute atomic E-state index is 0.0347. The van der Waals surface area contributed by atoms with Gasteiger partial charge in [0.05, 0.1) is 12.1 Å². The second kappa shape index (κ2) is 7.80. The summed E-state index contributed by atoms with van der Waals surface area (Å²) < 4.78 is 0. The van der Waals surface area contributed by atoms with Crippen LogP contribution in [-0.2, 0) is 4.79 Å². The number of rotatable bonds is 5. The zero-order valence-electron chi connectivity index (χ0n) is 14.8. The summed E-state index contributed by atoms with van der Waals surface area (Å²) in [5.41, 5.74) is 1.17. The molecule has 0 aromatic heterocycles. The van der Waals surface area contributed by atoms with E-state index in [2.05, 4.69) is 66.5 Å². The van der Waals surface area contributed by atoms with Gasteiger partial charge in [-0.2, -0.15) is 0 Å². The molecule has 1 aliphatic heterocycles. The number of nitrogens with zero attached hydrogens (tertiary/aromatic N) is 1. The Bertz CT molecular complexity index is 695. The van der Waals surface area contributed by atoms with Crippen LogP contribution in [-0.4, -0.2) is 29.9 Å². The Morgan fingerprint density at radius 3 is 2.79 bits per heavy atom. The summed E-state index contributed by atoms with van der Waals surface area (Å²) in [5.74, 6) is 0.184. The minimum atomic E-state index is 0.0347. The third-order valence-corrected chi connectivity index (χ3v) is 5.06. The van der Waals surface area contributed by atoms with Gasteiger partial charge in [0, 0.05) is 0 Å². The Hall–Kier alpha value is -1.87. The van der Waals surface area contributed by atoms with Crippen LogP contribution in [0.3, 0.4) is 0 Å². The molecule has 1 saturated heterocycles. The van der Waals surface area contributed by atoms with E-state index in [4.69, 9.17) is 0 Å². The molecule has 0 saturated carbocycles. The van der Waals surface area contributed by atoms with E-state index in [0.29, 0.717) is 0 Å². The van der Waals surface area contributed by atoms with E-state index < -0.39 is 0 Å². The Balaban J connectivity index is 1.70. The van der Waals surface area contributed by atoms with Crippen molar-refractivity contribution in [3.8, 4) is 0 Å². The highest BCUT2D eigenvalue weighted by molar-refractivity contribution is 5.84. The van der Waals surface area contributed by atoms with Gasteiger partial charge >= 0.3 is 0 Å². The largest absolute Gasteiger partial charge is 0.348 e. The first-order valence-corrected chi connectivity index (χ1v) is 9.22. The molecule has 1 amide bonds. The summed E-state index contributed by atoms with van der Waals surface area (Å²) in [6.07, 6.45) is 4.45. The average molecular weight is 324 g/mol. The number of amides is 1. The lowest BCUT2D eigenvalue weighted by Crippen LogP contribution is -2.50. The molecule has 1 N–H and O–H groups in total. The number of hydrogen-bond donors (Lipinski definition) is 1. The molecule has 3 heteroatoms. The van der Waals surface area contributed by atoms with E-state index in [1.807, 2.05) is 0 Å². The minimum Gasteiger partial charge on any atom is -0.348 e.